The number of halogens is 1. The lowest BCUT2D eigenvalue weighted by atomic mass is 9.97. The van der Waals surface area contributed by atoms with Crippen molar-refractivity contribution in [1.82, 2.24) is 0 Å². The summed E-state index contributed by atoms with van der Waals surface area (Å²) in [5.74, 6) is 0. The summed E-state index contributed by atoms with van der Waals surface area (Å²) < 4.78 is 0. The molecule has 1 nitrogen and oxygen atoms in total. The zero-order chi connectivity index (χ0) is 12.1. The van der Waals surface area contributed by atoms with Gasteiger partial charge in [0.2, 0.25) is 0 Å². The van der Waals surface area contributed by atoms with Crippen molar-refractivity contribution in [1.29, 1.82) is 0 Å². The summed E-state index contributed by atoms with van der Waals surface area (Å²) in [6.45, 7) is 0. The first-order chi connectivity index (χ1) is 8.27. The van der Waals surface area contributed by atoms with Crippen LogP contribution in [0.2, 0.25) is 0 Å². The minimum atomic E-state index is 0.832. The number of rotatable bonds is 4. The molecule has 0 bridgehead atoms. The maximum absolute atomic E-state index is 6.16. The molecule has 89 valence electrons. The van der Waals surface area contributed by atoms with E-state index in [4.69, 9.17) is 17.3 Å². The summed E-state index contributed by atoms with van der Waals surface area (Å²) in [6.07, 6.45) is 8.01. The Kier molecular flexibility index (Phi) is 4.27. The molecule has 2 heteroatoms. The summed E-state index contributed by atoms with van der Waals surface area (Å²) in [5.41, 5.74) is 9.27. The quantitative estimate of drug-likeness (QED) is 0.855. The van der Waals surface area contributed by atoms with Crippen LogP contribution in [-0.4, -0.2) is 0 Å². The molecule has 17 heavy (non-hydrogen) atoms. The summed E-state index contributed by atoms with van der Waals surface area (Å²) in [4.78, 5) is 0. The lowest BCUT2D eigenvalue weighted by Crippen LogP contribution is -2.07. The van der Waals surface area contributed by atoms with Crippen molar-refractivity contribution >= 4 is 11.6 Å². The molecular formula is C15H17ClN. The van der Waals surface area contributed by atoms with Crippen LogP contribution in [0.1, 0.15) is 24.8 Å². The highest BCUT2D eigenvalue weighted by Gasteiger charge is 2.12. The molecule has 0 spiro atoms. The molecule has 0 saturated heterocycles. The van der Waals surface area contributed by atoms with Crippen LogP contribution in [0.3, 0.4) is 0 Å². The van der Waals surface area contributed by atoms with E-state index in [-0.39, 0.29) is 0 Å². The largest absolute Gasteiger partial charge is 0.402 e. The molecular weight excluding hydrogens is 230 g/mol. The van der Waals surface area contributed by atoms with Crippen LogP contribution < -0.4 is 5.73 Å². The van der Waals surface area contributed by atoms with Crippen molar-refractivity contribution in [2.24, 2.45) is 5.73 Å². The van der Waals surface area contributed by atoms with Gasteiger partial charge in [0.1, 0.15) is 0 Å². The topological polar surface area (TPSA) is 26.0 Å². The summed E-state index contributed by atoms with van der Waals surface area (Å²) in [5, 5.41) is 0.832. The van der Waals surface area contributed by atoms with Gasteiger partial charge in [-0.15, -0.1) is 0 Å². The van der Waals surface area contributed by atoms with E-state index in [0.717, 1.165) is 42.0 Å². The number of hydrogen-bond acceptors (Lipinski definition) is 1. The third-order valence-corrected chi connectivity index (χ3v) is 3.39. The molecule has 0 atom stereocenters. The summed E-state index contributed by atoms with van der Waals surface area (Å²) in [7, 11) is 0. The first kappa shape index (κ1) is 12.3. The normalized spacial score (nSPS) is 15.9. The van der Waals surface area contributed by atoms with Gasteiger partial charge in [-0.1, -0.05) is 48.0 Å². The standard InChI is InChI=1S/C15H17ClN/c16-14-10-5-11-15(17)13(14)9-4-8-12-6-2-1-3-7-12/h1-3,6-7,10-11H,4-5,8-9,17H2. The van der Waals surface area contributed by atoms with Crippen molar-refractivity contribution in [3.05, 3.63) is 64.7 Å². The highest BCUT2D eigenvalue weighted by Crippen LogP contribution is 2.28. The van der Waals surface area contributed by atoms with Gasteiger partial charge in [-0.25, -0.2) is 0 Å². The Morgan fingerprint density at radius 3 is 2.59 bits per heavy atom. The molecule has 1 aliphatic rings. The van der Waals surface area contributed by atoms with Gasteiger partial charge in [-0.3, -0.25) is 0 Å². The summed E-state index contributed by atoms with van der Waals surface area (Å²) >= 11 is 6.16. The van der Waals surface area contributed by atoms with Crippen molar-refractivity contribution in [2.75, 3.05) is 0 Å². The third kappa shape index (κ3) is 3.37. The highest BCUT2D eigenvalue weighted by molar-refractivity contribution is 6.32. The molecule has 2 rings (SSSR count). The van der Waals surface area contributed by atoms with Gasteiger partial charge in [0.25, 0.3) is 0 Å². The molecule has 1 aliphatic carbocycles. The number of hydrogen-bond donors (Lipinski definition) is 1. The Labute approximate surface area is 108 Å². The minimum Gasteiger partial charge on any atom is -0.402 e. The van der Waals surface area contributed by atoms with Crippen LogP contribution >= 0.6 is 11.6 Å². The molecule has 0 heterocycles. The predicted octanol–water partition coefficient (Wildman–Crippen LogP) is 3.95. The van der Waals surface area contributed by atoms with E-state index in [1.165, 1.54) is 5.56 Å². The maximum Gasteiger partial charge on any atom is 0.0415 e. The molecule has 1 aromatic rings. The van der Waals surface area contributed by atoms with Crippen LogP contribution in [0.5, 0.6) is 0 Å². The fourth-order valence-corrected chi connectivity index (χ4v) is 2.34. The van der Waals surface area contributed by atoms with E-state index < -0.39 is 0 Å². The van der Waals surface area contributed by atoms with Crippen LogP contribution in [0.25, 0.3) is 0 Å². The van der Waals surface area contributed by atoms with Gasteiger partial charge >= 0.3 is 0 Å². The van der Waals surface area contributed by atoms with E-state index in [9.17, 15) is 0 Å². The predicted molar refractivity (Wildman–Crippen MR) is 73.4 cm³/mol. The van der Waals surface area contributed by atoms with Gasteiger partial charge in [-0.2, -0.15) is 0 Å². The Morgan fingerprint density at radius 2 is 1.88 bits per heavy atom. The smallest absolute Gasteiger partial charge is 0.0415 e. The Morgan fingerprint density at radius 1 is 1.12 bits per heavy atom. The van der Waals surface area contributed by atoms with Gasteiger partial charge in [-0.05, 0) is 36.8 Å². The second-order valence-electron chi connectivity index (χ2n) is 4.26. The Balaban J connectivity index is 1.89. The first-order valence-electron chi connectivity index (χ1n) is 5.99. The van der Waals surface area contributed by atoms with Crippen molar-refractivity contribution in [2.45, 2.75) is 25.7 Å². The van der Waals surface area contributed by atoms with Crippen molar-refractivity contribution < 1.29 is 0 Å². The molecule has 0 aromatic heterocycles. The average molecular weight is 247 g/mol. The molecule has 0 aliphatic heterocycles. The molecule has 1 aromatic carbocycles. The summed E-state index contributed by atoms with van der Waals surface area (Å²) in [6, 6.07) is 10.5. The van der Waals surface area contributed by atoms with Crippen LogP contribution in [0.15, 0.2) is 52.7 Å². The van der Waals surface area contributed by atoms with E-state index >= 15 is 0 Å². The fourth-order valence-electron chi connectivity index (χ4n) is 2.05. The fraction of sp³-hybridized carbons (Fsp3) is 0.267. The zero-order valence-corrected chi connectivity index (χ0v) is 10.6. The van der Waals surface area contributed by atoms with Gasteiger partial charge in [0.05, 0.1) is 0 Å². The third-order valence-electron chi connectivity index (χ3n) is 3.01. The van der Waals surface area contributed by atoms with Crippen LogP contribution in [-0.2, 0) is 6.42 Å². The maximum atomic E-state index is 6.16. The second kappa shape index (κ2) is 5.92. The first-order valence-corrected chi connectivity index (χ1v) is 6.37. The van der Waals surface area contributed by atoms with Gasteiger partial charge in [0, 0.05) is 17.2 Å². The van der Waals surface area contributed by atoms with Crippen LogP contribution in [0, 0.1) is 6.42 Å². The van der Waals surface area contributed by atoms with Gasteiger partial charge in [0.15, 0.2) is 0 Å². The highest BCUT2D eigenvalue weighted by atomic mass is 35.5. The molecule has 2 N–H and O–H groups in total. The van der Waals surface area contributed by atoms with E-state index in [1.807, 2.05) is 18.6 Å². The van der Waals surface area contributed by atoms with E-state index in [0.29, 0.717) is 0 Å². The van der Waals surface area contributed by atoms with Crippen molar-refractivity contribution in [3.63, 3.8) is 0 Å². The average Bonchev–Trinajstić information content (AvgIpc) is 2.34. The number of allylic oxidation sites excluding steroid dienone is 4. The van der Waals surface area contributed by atoms with Crippen molar-refractivity contribution in [3.8, 4) is 0 Å². The minimum absolute atomic E-state index is 0.832. The SMILES string of the molecule is NC1=C(CCCc2ccccc2)C(Cl)=CC[CH]1. The lowest BCUT2D eigenvalue weighted by Gasteiger charge is -2.15. The van der Waals surface area contributed by atoms with E-state index in [2.05, 4.69) is 24.3 Å². The molecule has 0 unspecified atom stereocenters. The number of benzene rings is 1. The van der Waals surface area contributed by atoms with Crippen LogP contribution in [0.4, 0.5) is 0 Å². The Hall–Kier alpha value is -1.21. The van der Waals surface area contributed by atoms with E-state index in [1.54, 1.807) is 0 Å². The number of aryl methyl sites for hydroxylation is 1. The molecule has 0 amide bonds. The molecule has 1 radical (unpaired) electrons. The zero-order valence-electron chi connectivity index (χ0n) is 9.83. The second-order valence-corrected chi connectivity index (χ2v) is 4.67. The number of nitrogens with two attached hydrogens (primary N) is 1. The molecule has 0 fully saturated rings. The Bertz CT molecular complexity index is 431. The molecule has 0 saturated carbocycles. The lowest BCUT2D eigenvalue weighted by molar-refractivity contribution is 0.808. The van der Waals surface area contributed by atoms with Gasteiger partial charge < -0.3 is 5.73 Å². The monoisotopic (exact) mass is 246 g/mol.